The van der Waals surface area contributed by atoms with Gasteiger partial charge in [-0.1, -0.05) is 6.07 Å². The van der Waals surface area contributed by atoms with Gasteiger partial charge >= 0.3 is 0 Å². The number of rotatable bonds is 3. The Morgan fingerprint density at radius 2 is 2.17 bits per heavy atom. The van der Waals surface area contributed by atoms with Crippen LogP contribution in [-0.4, -0.2) is 18.0 Å². The van der Waals surface area contributed by atoms with Crippen molar-refractivity contribution in [1.29, 1.82) is 0 Å². The number of primary amides is 1. The number of benzene rings is 1. The van der Waals surface area contributed by atoms with Gasteiger partial charge in [0.05, 0.1) is 0 Å². The minimum absolute atomic E-state index is 0.288. The monoisotopic (exact) mass is 247 g/mol. The third-order valence-electron chi connectivity index (χ3n) is 3.67. The standard InChI is InChI=1S/C14H21N3O/c1-9-12(14(16)18)6-3-7-13(9)17-11-5-2-4-10(15)8-11/h3,6-7,10-11,17H,2,4-5,8,15H2,1H3,(H2,16,18). The molecule has 1 aliphatic carbocycles. The van der Waals surface area contributed by atoms with Gasteiger partial charge in [0.25, 0.3) is 0 Å². The van der Waals surface area contributed by atoms with Gasteiger partial charge in [-0.15, -0.1) is 0 Å². The average Bonchev–Trinajstić information content (AvgIpc) is 2.31. The molecule has 1 aromatic carbocycles. The first-order chi connectivity index (χ1) is 8.58. The van der Waals surface area contributed by atoms with Gasteiger partial charge in [-0.3, -0.25) is 4.79 Å². The maximum absolute atomic E-state index is 11.3. The van der Waals surface area contributed by atoms with E-state index in [4.69, 9.17) is 11.5 Å². The summed E-state index contributed by atoms with van der Waals surface area (Å²) in [7, 11) is 0. The average molecular weight is 247 g/mol. The van der Waals surface area contributed by atoms with Crippen molar-refractivity contribution in [3.63, 3.8) is 0 Å². The van der Waals surface area contributed by atoms with E-state index in [1.54, 1.807) is 6.07 Å². The lowest BCUT2D eigenvalue weighted by Crippen LogP contribution is -2.35. The van der Waals surface area contributed by atoms with Crippen LogP contribution in [0.3, 0.4) is 0 Å². The normalized spacial score (nSPS) is 23.7. The number of nitrogens with two attached hydrogens (primary N) is 2. The molecule has 98 valence electrons. The summed E-state index contributed by atoms with van der Waals surface area (Å²) in [6.07, 6.45) is 4.39. The lowest BCUT2D eigenvalue weighted by atomic mass is 9.91. The molecule has 1 fully saturated rings. The second-order valence-electron chi connectivity index (χ2n) is 5.11. The minimum Gasteiger partial charge on any atom is -0.382 e. The lowest BCUT2D eigenvalue weighted by molar-refractivity contribution is 0.1000. The Morgan fingerprint density at radius 3 is 2.83 bits per heavy atom. The summed E-state index contributed by atoms with van der Waals surface area (Å²) in [6.45, 7) is 1.92. The molecule has 0 aromatic heterocycles. The molecule has 0 radical (unpaired) electrons. The van der Waals surface area contributed by atoms with Crippen LogP contribution in [0.5, 0.6) is 0 Å². The molecule has 1 aromatic rings. The topological polar surface area (TPSA) is 81.1 Å². The number of anilines is 1. The molecule has 1 saturated carbocycles. The molecule has 0 heterocycles. The molecule has 0 aliphatic heterocycles. The van der Waals surface area contributed by atoms with E-state index in [0.29, 0.717) is 11.6 Å². The molecule has 4 heteroatoms. The van der Waals surface area contributed by atoms with E-state index >= 15 is 0 Å². The van der Waals surface area contributed by atoms with Crippen LogP contribution in [0.25, 0.3) is 0 Å². The van der Waals surface area contributed by atoms with Gasteiger partial charge in [-0.2, -0.15) is 0 Å². The van der Waals surface area contributed by atoms with Gasteiger partial charge < -0.3 is 16.8 Å². The summed E-state index contributed by atoms with van der Waals surface area (Å²) < 4.78 is 0. The lowest BCUT2D eigenvalue weighted by Gasteiger charge is -2.29. The number of amides is 1. The molecule has 0 saturated heterocycles. The highest BCUT2D eigenvalue weighted by atomic mass is 16.1. The fraction of sp³-hybridized carbons (Fsp3) is 0.500. The van der Waals surface area contributed by atoms with Gasteiger partial charge in [0.1, 0.15) is 0 Å². The Balaban J connectivity index is 2.14. The zero-order chi connectivity index (χ0) is 13.1. The molecular weight excluding hydrogens is 226 g/mol. The van der Waals surface area contributed by atoms with E-state index in [1.807, 2.05) is 19.1 Å². The molecule has 5 N–H and O–H groups in total. The van der Waals surface area contributed by atoms with Crippen LogP contribution in [0.4, 0.5) is 5.69 Å². The predicted octanol–water partition coefficient (Wildman–Crippen LogP) is 1.78. The van der Waals surface area contributed by atoms with Crippen molar-refractivity contribution in [2.24, 2.45) is 11.5 Å². The molecule has 0 spiro atoms. The van der Waals surface area contributed by atoms with E-state index in [2.05, 4.69) is 5.32 Å². The predicted molar refractivity (Wildman–Crippen MR) is 73.6 cm³/mol. The second kappa shape index (κ2) is 5.40. The summed E-state index contributed by atoms with van der Waals surface area (Å²) in [5, 5.41) is 3.49. The van der Waals surface area contributed by atoms with E-state index in [0.717, 1.165) is 36.9 Å². The first kappa shape index (κ1) is 12.9. The molecular formula is C14H21N3O. The Labute approximate surface area is 108 Å². The van der Waals surface area contributed by atoms with Crippen molar-refractivity contribution in [2.75, 3.05) is 5.32 Å². The van der Waals surface area contributed by atoms with Gasteiger partial charge in [0.2, 0.25) is 5.91 Å². The summed E-state index contributed by atoms with van der Waals surface area (Å²) in [5.74, 6) is -0.378. The zero-order valence-corrected chi connectivity index (χ0v) is 10.8. The highest BCUT2D eigenvalue weighted by molar-refractivity contribution is 5.95. The first-order valence-electron chi connectivity index (χ1n) is 6.49. The van der Waals surface area contributed by atoms with Crippen molar-refractivity contribution in [3.8, 4) is 0 Å². The fourth-order valence-electron chi connectivity index (χ4n) is 2.64. The van der Waals surface area contributed by atoms with Crippen LogP contribution >= 0.6 is 0 Å². The van der Waals surface area contributed by atoms with Crippen LogP contribution in [0.15, 0.2) is 18.2 Å². The maximum atomic E-state index is 11.3. The van der Waals surface area contributed by atoms with Crippen LogP contribution in [-0.2, 0) is 0 Å². The largest absolute Gasteiger partial charge is 0.382 e. The number of hydrogen-bond acceptors (Lipinski definition) is 3. The van der Waals surface area contributed by atoms with Crippen molar-refractivity contribution >= 4 is 11.6 Å². The molecule has 1 aliphatic rings. The molecule has 0 bridgehead atoms. The fourth-order valence-corrected chi connectivity index (χ4v) is 2.64. The van der Waals surface area contributed by atoms with Crippen LogP contribution in [0, 0.1) is 6.92 Å². The van der Waals surface area contributed by atoms with E-state index in [9.17, 15) is 4.79 Å². The zero-order valence-electron chi connectivity index (χ0n) is 10.8. The molecule has 2 unspecified atom stereocenters. The van der Waals surface area contributed by atoms with Gasteiger partial charge in [-0.25, -0.2) is 0 Å². The van der Waals surface area contributed by atoms with Crippen LogP contribution in [0.1, 0.15) is 41.6 Å². The number of carbonyl (C=O) groups is 1. The Bertz CT molecular complexity index is 445. The number of hydrogen-bond donors (Lipinski definition) is 3. The quantitative estimate of drug-likeness (QED) is 0.761. The third-order valence-corrected chi connectivity index (χ3v) is 3.67. The van der Waals surface area contributed by atoms with Crippen molar-refractivity contribution < 1.29 is 4.79 Å². The summed E-state index contributed by atoms with van der Waals surface area (Å²) >= 11 is 0. The number of nitrogens with one attached hydrogen (secondary N) is 1. The van der Waals surface area contributed by atoms with Crippen molar-refractivity contribution in [2.45, 2.75) is 44.7 Å². The second-order valence-corrected chi connectivity index (χ2v) is 5.11. The summed E-state index contributed by atoms with van der Waals surface area (Å²) in [4.78, 5) is 11.3. The summed E-state index contributed by atoms with van der Waals surface area (Å²) in [5.41, 5.74) is 13.8. The van der Waals surface area contributed by atoms with E-state index < -0.39 is 0 Å². The molecule has 2 atom stereocenters. The summed E-state index contributed by atoms with van der Waals surface area (Å²) in [6, 6.07) is 6.29. The van der Waals surface area contributed by atoms with Crippen molar-refractivity contribution in [3.05, 3.63) is 29.3 Å². The van der Waals surface area contributed by atoms with Gasteiger partial charge in [-0.05, 0) is 50.3 Å². The molecule has 2 rings (SSSR count). The van der Waals surface area contributed by atoms with Crippen molar-refractivity contribution in [1.82, 2.24) is 0 Å². The number of carbonyl (C=O) groups excluding carboxylic acids is 1. The molecule has 1 amide bonds. The highest BCUT2D eigenvalue weighted by Gasteiger charge is 2.20. The van der Waals surface area contributed by atoms with E-state index in [-0.39, 0.29) is 11.9 Å². The van der Waals surface area contributed by atoms with Gasteiger partial charge in [0.15, 0.2) is 0 Å². The Kier molecular flexibility index (Phi) is 3.87. The van der Waals surface area contributed by atoms with Gasteiger partial charge in [0, 0.05) is 23.3 Å². The first-order valence-corrected chi connectivity index (χ1v) is 6.49. The maximum Gasteiger partial charge on any atom is 0.249 e. The van der Waals surface area contributed by atoms with Crippen LogP contribution in [0.2, 0.25) is 0 Å². The highest BCUT2D eigenvalue weighted by Crippen LogP contribution is 2.24. The minimum atomic E-state index is -0.378. The third kappa shape index (κ3) is 2.82. The Morgan fingerprint density at radius 1 is 1.39 bits per heavy atom. The Hall–Kier alpha value is -1.55. The van der Waals surface area contributed by atoms with Crippen LogP contribution < -0.4 is 16.8 Å². The smallest absolute Gasteiger partial charge is 0.249 e. The molecule has 18 heavy (non-hydrogen) atoms. The SMILES string of the molecule is Cc1c(NC2CCCC(N)C2)cccc1C(N)=O. The molecule has 4 nitrogen and oxygen atoms in total. The van der Waals surface area contributed by atoms with E-state index in [1.165, 1.54) is 0 Å².